The van der Waals surface area contributed by atoms with Crippen LogP contribution < -0.4 is 16.8 Å². The topological polar surface area (TPSA) is 89.8 Å². The average Bonchev–Trinajstić information content (AvgIpc) is 2.27. The first kappa shape index (κ1) is 12.1. The molecule has 1 heterocycles. The molecule has 18 heavy (non-hydrogen) atoms. The highest BCUT2D eigenvalue weighted by Gasteiger charge is 2.00. The van der Waals surface area contributed by atoms with Crippen LogP contribution in [0.25, 0.3) is 0 Å². The second-order valence-corrected chi connectivity index (χ2v) is 3.84. The number of rotatable bonds is 4. The largest absolute Gasteiger partial charge is 0.383 e. The smallest absolute Gasteiger partial charge is 0.223 e. The molecule has 0 bridgehead atoms. The van der Waals surface area contributed by atoms with Gasteiger partial charge in [-0.15, -0.1) is 0 Å². The Morgan fingerprint density at radius 1 is 1.17 bits per heavy atom. The van der Waals surface area contributed by atoms with E-state index in [0.717, 1.165) is 5.56 Å². The van der Waals surface area contributed by atoms with Crippen molar-refractivity contribution in [1.82, 2.24) is 9.97 Å². The fourth-order valence-electron chi connectivity index (χ4n) is 1.60. The van der Waals surface area contributed by atoms with Gasteiger partial charge in [-0.25, -0.2) is 4.39 Å². The third kappa shape index (κ3) is 3.31. The second kappa shape index (κ2) is 5.31. The highest BCUT2D eigenvalue weighted by molar-refractivity contribution is 5.48. The van der Waals surface area contributed by atoms with Gasteiger partial charge in [0.15, 0.2) is 0 Å². The van der Waals surface area contributed by atoms with Crippen LogP contribution in [0.4, 0.5) is 22.0 Å². The van der Waals surface area contributed by atoms with E-state index in [2.05, 4.69) is 15.3 Å². The minimum atomic E-state index is -0.233. The standard InChI is InChI=1S/C12H14FN5/c13-9-3-1-2-8(6-9)4-5-16-11-7-10(14)17-12(15)18-11/h1-3,6-7H,4-5H2,(H5,14,15,16,17,18). The fraction of sp³-hybridized carbons (Fsp3) is 0.167. The Kier molecular flexibility index (Phi) is 3.57. The van der Waals surface area contributed by atoms with Crippen LogP contribution in [0.1, 0.15) is 5.56 Å². The number of aromatic nitrogens is 2. The summed E-state index contributed by atoms with van der Waals surface area (Å²) in [7, 11) is 0. The SMILES string of the molecule is Nc1cc(NCCc2cccc(F)c2)nc(N)n1. The predicted molar refractivity (Wildman–Crippen MR) is 69.5 cm³/mol. The lowest BCUT2D eigenvalue weighted by Crippen LogP contribution is -2.09. The molecule has 0 aliphatic rings. The molecule has 0 aliphatic carbocycles. The van der Waals surface area contributed by atoms with Crippen molar-refractivity contribution < 1.29 is 4.39 Å². The molecule has 0 amide bonds. The van der Waals surface area contributed by atoms with Gasteiger partial charge in [-0.2, -0.15) is 9.97 Å². The summed E-state index contributed by atoms with van der Waals surface area (Å²) in [6, 6.07) is 8.08. The van der Waals surface area contributed by atoms with Gasteiger partial charge in [-0.3, -0.25) is 0 Å². The lowest BCUT2D eigenvalue weighted by Gasteiger charge is -2.06. The number of halogens is 1. The molecule has 0 aliphatic heterocycles. The molecule has 1 aromatic carbocycles. The van der Waals surface area contributed by atoms with E-state index < -0.39 is 0 Å². The summed E-state index contributed by atoms with van der Waals surface area (Å²) >= 11 is 0. The van der Waals surface area contributed by atoms with E-state index >= 15 is 0 Å². The number of hydrogen-bond acceptors (Lipinski definition) is 5. The molecular formula is C12H14FN5. The predicted octanol–water partition coefficient (Wildman–Crippen LogP) is 1.43. The molecule has 2 rings (SSSR count). The summed E-state index contributed by atoms with van der Waals surface area (Å²) in [6.07, 6.45) is 0.682. The van der Waals surface area contributed by atoms with Crippen LogP contribution in [0.15, 0.2) is 30.3 Å². The van der Waals surface area contributed by atoms with E-state index in [1.165, 1.54) is 12.1 Å². The Morgan fingerprint density at radius 2 is 2.00 bits per heavy atom. The van der Waals surface area contributed by atoms with Crippen LogP contribution in [0.5, 0.6) is 0 Å². The van der Waals surface area contributed by atoms with Gasteiger partial charge in [0.1, 0.15) is 17.5 Å². The maximum absolute atomic E-state index is 12.9. The molecule has 0 saturated carbocycles. The molecule has 0 radical (unpaired) electrons. The van der Waals surface area contributed by atoms with Crippen LogP contribution in [-0.4, -0.2) is 16.5 Å². The zero-order valence-corrected chi connectivity index (χ0v) is 9.73. The Bertz CT molecular complexity index is 523. The van der Waals surface area contributed by atoms with Crippen molar-refractivity contribution in [2.24, 2.45) is 0 Å². The van der Waals surface area contributed by atoms with E-state index in [9.17, 15) is 4.39 Å². The lowest BCUT2D eigenvalue weighted by molar-refractivity contribution is 0.625. The molecule has 0 spiro atoms. The summed E-state index contributed by atoms with van der Waals surface area (Å²) in [6.45, 7) is 0.610. The highest BCUT2D eigenvalue weighted by atomic mass is 19.1. The number of benzene rings is 1. The van der Waals surface area contributed by atoms with Crippen molar-refractivity contribution in [2.45, 2.75) is 6.42 Å². The number of nitrogen functional groups attached to an aromatic ring is 2. The van der Waals surface area contributed by atoms with E-state index in [1.54, 1.807) is 12.1 Å². The Labute approximate surface area is 104 Å². The zero-order chi connectivity index (χ0) is 13.0. The fourth-order valence-corrected chi connectivity index (χ4v) is 1.60. The molecule has 5 nitrogen and oxygen atoms in total. The first-order valence-corrected chi connectivity index (χ1v) is 5.52. The lowest BCUT2D eigenvalue weighted by atomic mass is 10.1. The number of nitrogens with one attached hydrogen (secondary N) is 1. The minimum Gasteiger partial charge on any atom is -0.383 e. The first-order chi connectivity index (χ1) is 8.63. The Morgan fingerprint density at radius 3 is 2.72 bits per heavy atom. The van der Waals surface area contributed by atoms with E-state index in [4.69, 9.17) is 11.5 Å². The van der Waals surface area contributed by atoms with Crippen LogP contribution in [-0.2, 0) is 6.42 Å². The molecule has 0 saturated heterocycles. The summed E-state index contributed by atoms with van der Waals surface area (Å²) in [5, 5.41) is 3.06. The highest BCUT2D eigenvalue weighted by Crippen LogP contribution is 2.10. The maximum Gasteiger partial charge on any atom is 0.223 e. The van der Waals surface area contributed by atoms with E-state index in [0.29, 0.717) is 24.6 Å². The number of nitrogens with two attached hydrogens (primary N) is 2. The molecule has 0 unspecified atom stereocenters. The van der Waals surface area contributed by atoms with E-state index in [-0.39, 0.29) is 11.8 Å². The van der Waals surface area contributed by atoms with Gasteiger partial charge in [-0.1, -0.05) is 12.1 Å². The van der Waals surface area contributed by atoms with Gasteiger partial charge >= 0.3 is 0 Å². The third-order valence-corrected chi connectivity index (χ3v) is 2.37. The van der Waals surface area contributed by atoms with Gasteiger partial charge < -0.3 is 16.8 Å². The summed E-state index contributed by atoms with van der Waals surface area (Å²) in [5.74, 6) is 0.776. The van der Waals surface area contributed by atoms with Crippen LogP contribution in [0.3, 0.4) is 0 Å². The molecule has 0 fully saturated rings. The monoisotopic (exact) mass is 247 g/mol. The number of hydrogen-bond donors (Lipinski definition) is 3. The Hall–Kier alpha value is -2.37. The quantitative estimate of drug-likeness (QED) is 0.760. The molecule has 1 aromatic heterocycles. The van der Waals surface area contributed by atoms with Crippen LogP contribution in [0.2, 0.25) is 0 Å². The van der Waals surface area contributed by atoms with Crippen molar-refractivity contribution in [3.63, 3.8) is 0 Å². The molecule has 94 valence electrons. The van der Waals surface area contributed by atoms with Crippen LogP contribution >= 0.6 is 0 Å². The molecular weight excluding hydrogens is 233 g/mol. The van der Waals surface area contributed by atoms with Gasteiger partial charge in [0.25, 0.3) is 0 Å². The van der Waals surface area contributed by atoms with Crippen molar-refractivity contribution in [1.29, 1.82) is 0 Å². The summed E-state index contributed by atoms with van der Waals surface area (Å²) in [4.78, 5) is 7.75. The zero-order valence-electron chi connectivity index (χ0n) is 9.73. The van der Waals surface area contributed by atoms with Gasteiger partial charge in [-0.05, 0) is 24.1 Å². The normalized spacial score (nSPS) is 10.3. The molecule has 5 N–H and O–H groups in total. The van der Waals surface area contributed by atoms with Gasteiger partial charge in [0.05, 0.1) is 0 Å². The minimum absolute atomic E-state index is 0.128. The first-order valence-electron chi connectivity index (χ1n) is 5.52. The van der Waals surface area contributed by atoms with Crippen LogP contribution in [0, 0.1) is 5.82 Å². The Balaban J connectivity index is 1.92. The summed E-state index contributed by atoms with van der Waals surface area (Å²) in [5.41, 5.74) is 11.9. The molecule has 6 heteroatoms. The third-order valence-electron chi connectivity index (χ3n) is 2.37. The molecule has 2 aromatic rings. The second-order valence-electron chi connectivity index (χ2n) is 3.84. The number of nitrogens with zero attached hydrogens (tertiary/aromatic N) is 2. The van der Waals surface area contributed by atoms with Gasteiger partial charge in [0.2, 0.25) is 5.95 Å². The number of anilines is 3. The molecule has 0 atom stereocenters. The van der Waals surface area contributed by atoms with E-state index in [1.807, 2.05) is 6.07 Å². The van der Waals surface area contributed by atoms with Crippen molar-refractivity contribution in [3.8, 4) is 0 Å². The van der Waals surface area contributed by atoms with Crippen molar-refractivity contribution in [3.05, 3.63) is 41.7 Å². The average molecular weight is 247 g/mol. The maximum atomic E-state index is 12.9. The summed E-state index contributed by atoms with van der Waals surface area (Å²) < 4.78 is 12.9. The van der Waals surface area contributed by atoms with Crippen molar-refractivity contribution >= 4 is 17.6 Å². The van der Waals surface area contributed by atoms with Crippen molar-refractivity contribution in [2.75, 3.05) is 23.3 Å². The van der Waals surface area contributed by atoms with Gasteiger partial charge in [0, 0.05) is 12.6 Å².